The van der Waals surface area contributed by atoms with Gasteiger partial charge in [0.2, 0.25) is 0 Å². The summed E-state index contributed by atoms with van der Waals surface area (Å²) in [4.78, 5) is 20.6. The molecule has 0 spiro atoms. The van der Waals surface area contributed by atoms with Crippen molar-refractivity contribution in [3.05, 3.63) is 108 Å². The van der Waals surface area contributed by atoms with E-state index in [1.54, 1.807) is 6.20 Å². The molecule has 3 aromatic heterocycles. The first-order valence-corrected chi connectivity index (χ1v) is 16.4. The van der Waals surface area contributed by atoms with Gasteiger partial charge < -0.3 is 14.5 Å². The Morgan fingerprint density at radius 2 is 1.60 bits per heavy atom. The Balaban J connectivity index is 0.000000269. The summed E-state index contributed by atoms with van der Waals surface area (Å²) in [5.74, 6) is 0.547. The molecule has 0 saturated heterocycles. The van der Waals surface area contributed by atoms with Crippen LogP contribution in [0, 0.1) is 31.7 Å². The normalized spacial score (nSPS) is 11.6. The summed E-state index contributed by atoms with van der Waals surface area (Å²) < 4.78 is 6.58. The molecule has 0 bridgehead atoms. The zero-order chi connectivity index (χ0) is 32.8. The van der Waals surface area contributed by atoms with Gasteiger partial charge in [-0.25, -0.2) is 0 Å². The number of hydrogen-bond donors (Lipinski definition) is 1. The molecular weight excluding hydrogens is 761 g/mol. The molecule has 1 radical (unpaired) electrons. The number of hydrogen-bond acceptors (Lipinski definition) is 5. The Morgan fingerprint density at radius 1 is 0.872 bits per heavy atom. The Morgan fingerprint density at radius 3 is 2.28 bits per heavy atom. The number of ketones is 1. The van der Waals surface area contributed by atoms with E-state index >= 15 is 0 Å². The van der Waals surface area contributed by atoms with Gasteiger partial charge in [-0.3, -0.25) is 9.78 Å². The predicted octanol–water partition coefficient (Wildman–Crippen LogP) is 11.1. The fraction of sp³-hybridized carbons (Fsp3) is 0.293. The molecule has 3 aromatic carbocycles. The predicted molar refractivity (Wildman–Crippen MR) is 190 cm³/mol. The fourth-order valence-electron chi connectivity index (χ4n) is 6.27. The molecule has 3 heterocycles. The Labute approximate surface area is 291 Å². The van der Waals surface area contributed by atoms with Gasteiger partial charge in [-0.2, -0.15) is 0 Å². The zero-order valence-electron chi connectivity index (χ0n) is 28.1. The fourth-order valence-corrected chi connectivity index (χ4v) is 6.27. The third kappa shape index (κ3) is 7.40. The number of aliphatic hydroxyl groups is 1. The molecule has 0 unspecified atom stereocenters. The van der Waals surface area contributed by atoms with Crippen LogP contribution in [0.2, 0.25) is 0 Å². The molecule has 6 rings (SSSR count). The minimum atomic E-state index is 0. The second kappa shape index (κ2) is 16.1. The smallest absolute Gasteiger partial charge is 0.162 e. The van der Waals surface area contributed by atoms with E-state index in [2.05, 4.69) is 66.3 Å². The minimum Gasteiger partial charge on any atom is -0.512 e. The van der Waals surface area contributed by atoms with E-state index in [-0.39, 0.29) is 43.5 Å². The SMILES string of the molecule is CCC(CC)C(=O)/C=C(\O)C(CC)CC.Cc1cc2ccncc2c(-c2cccc3c2oc2c(-c4ccccn4)[c-]ccc23)c1C.[Ir]. The van der Waals surface area contributed by atoms with Crippen molar-refractivity contribution in [3.63, 3.8) is 0 Å². The summed E-state index contributed by atoms with van der Waals surface area (Å²) >= 11 is 0. The van der Waals surface area contributed by atoms with Crippen molar-refractivity contribution >= 4 is 38.5 Å². The molecule has 47 heavy (non-hydrogen) atoms. The third-order valence-electron chi connectivity index (χ3n) is 9.19. The zero-order valence-corrected chi connectivity index (χ0v) is 30.5. The van der Waals surface area contributed by atoms with Crippen LogP contribution in [0.5, 0.6) is 0 Å². The van der Waals surface area contributed by atoms with E-state index in [0.29, 0.717) is 0 Å². The first-order chi connectivity index (χ1) is 22.3. The maximum atomic E-state index is 11.7. The second-order valence-electron chi connectivity index (χ2n) is 11.9. The molecule has 0 aliphatic heterocycles. The van der Waals surface area contributed by atoms with Gasteiger partial charge in [0.05, 0.1) is 11.3 Å². The van der Waals surface area contributed by atoms with E-state index in [9.17, 15) is 9.90 Å². The van der Waals surface area contributed by atoms with Crippen molar-refractivity contribution in [3.8, 4) is 22.4 Å². The van der Waals surface area contributed by atoms with Crippen LogP contribution < -0.4 is 0 Å². The largest absolute Gasteiger partial charge is 0.512 e. The van der Waals surface area contributed by atoms with E-state index < -0.39 is 0 Å². The molecule has 0 saturated carbocycles. The maximum Gasteiger partial charge on any atom is 0.162 e. The molecule has 1 N–H and O–H groups in total. The first kappa shape index (κ1) is 35.7. The van der Waals surface area contributed by atoms with E-state index in [4.69, 9.17) is 4.42 Å². The summed E-state index contributed by atoms with van der Waals surface area (Å²) in [5, 5.41) is 14.2. The molecule has 5 nitrogen and oxygen atoms in total. The first-order valence-electron chi connectivity index (χ1n) is 16.4. The number of furan rings is 1. The molecular formula is C41H43IrN2O3-. The molecule has 245 valence electrons. The number of allylic oxidation sites excluding steroid dienone is 2. The number of aliphatic hydroxyl groups excluding tert-OH is 1. The van der Waals surface area contributed by atoms with E-state index in [0.717, 1.165) is 69.8 Å². The number of carbonyl (C=O) groups excluding carboxylic acids is 1. The van der Waals surface area contributed by atoms with Crippen LogP contribution in [0.1, 0.15) is 64.5 Å². The monoisotopic (exact) mass is 804 g/mol. The Bertz CT molecular complexity index is 2000. The Kier molecular flexibility index (Phi) is 12.3. The average molecular weight is 804 g/mol. The molecule has 6 heteroatoms. The number of para-hydroxylation sites is 1. The second-order valence-corrected chi connectivity index (χ2v) is 11.9. The number of aryl methyl sites for hydroxylation is 1. The third-order valence-corrected chi connectivity index (χ3v) is 9.19. The number of nitrogens with zero attached hydrogens (tertiary/aromatic N) is 2. The number of aromatic nitrogens is 2. The number of carbonyl (C=O) groups is 1. The average Bonchev–Trinajstić information content (AvgIpc) is 3.47. The summed E-state index contributed by atoms with van der Waals surface area (Å²) in [6, 6.07) is 23.9. The van der Waals surface area contributed by atoms with Gasteiger partial charge in [0.25, 0.3) is 0 Å². The van der Waals surface area contributed by atoms with E-state index in [1.165, 1.54) is 28.2 Å². The quantitative estimate of drug-likeness (QED) is 0.0895. The molecule has 0 atom stereocenters. The van der Waals surface area contributed by atoms with Gasteiger partial charge in [0.15, 0.2) is 5.78 Å². The maximum absolute atomic E-state index is 11.7. The standard InChI is InChI=1S/C28H19N2O.C13H24O2.Ir/c1-17-15-19-12-14-29-16-24(19)26(18(17)2)23-10-6-8-21-20-7-5-9-22(27(20)31-28(21)23)25-11-3-4-13-30-25;1-5-10(6-2)12(14)9-13(15)11(7-3)8-4;/h3-8,10-16H,1-2H3;9-11,14H,5-8H2,1-4H3;/q-1;;/b;12-9-;. The summed E-state index contributed by atoms with van der Waals surface area (Å²) in [6.07, 6.45) is 10.5. The van der Waals surface area contributed by atoms with Gasteiger partial charge in [-0.15, -0.1) is 18.2 Å². The van der Waals surface area contributed by atoms with Gasteiger partial charge in [0, 0.05) is 72.9 Å². The van der Waals surface area contributed by atoms with Crippen LogP contribution in [0.4, 0.5) is 0 Å². The number of benzene rings is 3. The van der Waals surface area contributed by atoms with Crippen LogP contribution in [0.3, 0.4) is 0 Å². The van der Waals surface area contributed by atoms with E-state index in [1.807, 2.05) is 64.4 Å². The summed E-state index contributed by atoms with van der Waals surface area (Å²) in [7, 11) is 0. The molecule has 0 amide bonds. The minimum absolute atomic E-state index is 0. The van der Waals surface area contributed by atoms with Gasteiger partial charge >= 0.3 is 0 Å². The summed E-state index contributed by atoms with van der Waals surface area (Å²) in [5.41, 5.74) is 8.19. The molecule has 0 aliphatic rings. The van der Waals surface area contributed by atoms with Crippen molar-refractivity contribution in [1.29, 1.82) is 0 Å². The van der Waals surface area contributed by atoms with Crippen LogP contribution >= 0.6 is 0 Å². The Hall–Kier alpha value is -4.12. The number of pyridine rings is 2. The van der Waals surface area contributed by atoms with Gasteiger partial charge in [-0.1, -0.05) is 75.0 Å². The van der Waals surface area contributed by atoms with Crippen molar-refractivity contribution in [2.75, 3.05) is 0 Å². The van der Waals surface area contributed by atoms with Crippen LogP contribution in [-0.2, 0) is 24.9 Å². The van der Waals surface area contributed by atoms with Crippen LogP contribution in [0.25, 0.3) is 55.1 Å². The van der Waals surface area contributed by atoms with Crippen molar-refractivity contribution in [1.82, 2.24) is 9.97 Å². The van der Waals surface area contributed by atoms with Crippen molar-refractivity contribution in [2.24, 2.45) is 11.8 Å². The molecule has 6 aromatic rings. The molecule has 0 aliphatic carbocycles. The van der Waals surface area contributed by atoms with Crippen molar-refractivity contribution < 1.29 is 34.4 Å². The van der Waals surface area contributed by atoms with Gasteiger partial charge in [-0.05, 0) is 79.4 Å². The van der Waals surface area contributed by atoms with Crippen molar-refractivity contribution in [2.45, 2.75) is 67.2 Å². The van der Waals surface area contributed by atoms with Crippen LogP contribution in [0.15, 0.2) is 95.5 Å². The topological polar surface area (TPSA) is 76.2 Å². The van der Waals surface area contributed by atoms with Gasteiger partial charge in [0.1, 0.15) is 5.58 Å². The number of fused-ring (bicyclic) bond motifs is 4. The van der Waals surface area contributed by atoms with Crippen LogP contribution in [-0.4, -0.2) is 20.9 Å². The molecule has 0 fully saturated rings. The number of rotatable bonds is 9. The summed E-state index contributed by atoms with van der Waals surface area (Å²) in [6.45, 7) is 12.4.